The zero-order chi connectivity index (χ0) is 15.1. The van der Waals surface area contributed by atoms with Crippen LogP contribution in [0.1, 0.15) is 32.6 Å². The zero-order valence-corrected chi connectivity index (χ0v) is 12.4. The summed E-state index contributed by atoms with van der Waals surface area (Å²) < 4.78 is 0. The molecule has 5 atom stereocenters. The van der Waals surface area contributed by atoms with Crippen LogP contribution in [0.2, 0.25) is 0 Å². The first-order chi connectivity index (χ1) is 9.97. The number of carbonyl (C=O) groups is 2. The van der Waals surface area contributed by atoms with Gasteiger partial charge in [0.15, 0.2) is 0 Å². The molecule has 1 aliphatic carbocycles. The fourth-order valence-electron chi connectivity index (χ4n) is 4.26. The maximum Gasteiger partial charge on any atom is 0.320 e. The van der Waals surface area contributed by atoms with Gasteiger partial charge in [-0.2, -0.15) is 0 Å². The molecular formula is C15H24N2O4. The Balaban J connectivity index is 1.60. The molecule has 2 aliphatic heterocycles. The van der Waals surface area contributed by atoms with Crippen molar-refractivity contribution in [2.45, 2.75) is 44.8 Å². The Bertz CT molecular complexity index is 441. The van der Waals surface area contributed by atoms with Crippen LogP contribution >= 0.6 is 0 Å². The van der Waals surface area contributed by atoms with E-state index in [1.54, 1.807) is 0 Å². The van der Waals surface area contributed by atoms with Crippen LogP contribution in [-0.4, -0.2) is 63.8 Å². The quantitative estimate of drug-likeness (QED) is 0.756. The second kappa shape index (κ2) is 5.48. The van der Waals surface area contributed by atoms with E-state index in [9.17, 15) is 14.7 Å². The highest BCUT2D eigenvalue weighted by molar-refractivity contribution is 5.76. The van der Waals surface area contributed by atoms with Crippen LogP contribution in [0.5, 0.6) is 0 Å². The van der Waals surface area contributed by atoms with Crippen LogP contribution < -0.4 is 0 Å². The van der Waals surface area contributed by atoms with Crippen LogP contribution in [0, 0.1) is 17.8 Å². The summed E-state index contributed by atoms with van der Waals surface area (Å²) in [6.07, 6.45) is 2.67. The first kappa shape index (κ1) is 14.6. The maximum absolute atomic E-state index is 12.6. The Morgan fingerprint density at radius 3 is 2.52 bits per heavy atom. The van der Waals surface area contributed by atoms with Gasteiger partial charge in [-0.3, -0.25) is 4.79 Å². The maximum atomic E-state index is 12.6. The molecule has 0 aromatic rings. The van der Waals surface area contributed by atoms with E-state index in [0.717, 1.165) is 19.4 Å². The number of aliphatic carboxylic acids is 1. The molecule has 118 valence electrons. The first-order valence-corrected chi connectivity index (χ1v) is 7.93. The first-order valence-electron chi connectivity index (χ1n) is 7.93. The highest BCUT2D eigenvalue weighted by atomic mass is 16.4. The second-order valence-corrected chi connectivity index (χ2v) is 6.86. The van der Waals surface area contributed by atoms with Crippen LogP contribution in [0.25, 0.3) is 0 Å². The number of fused-ring (bicyclic) bond motifs is 1. The fourth-order valence-corrected chi connectivity index (χ4v) is 4.26. The number of piperidine rings is 1. The average Bonchev–Trinajstić information content (AvgIpc) is 3.00. The highest BCUT2D eigenvalue weighted by Crippen LogP contribution is 2.38. The summed E-state index contributed by atoms with van der Waals surface area (Å²) in [7, 11) is 0. The number of carboxylic acid groups (broad SMARTS) is 1. The Labute approximate surface area is 124 Å². The van der Waals surface area contributed by atoms with E-state index in [2.05, 4.69) is 0 Å². The minimum atomic E-state index is -0.757. The predicted molar refractivity (Wildman–Crippen MR) is 75.7 cm³/mol. The van der Waals surface area contributed by atoms with Gasteiger partial charge in [-0.05, 0) is 38.5 Å². The number of aliphatic hydroxyl groups excluding tert-OH is 1. The van der Waals surface area contributed by atoms with Gasteiger partial charge in [0.05, 0.1) is 12.0 Å². The Kier molecular flexibility index (Phi) is 3.82. The molecule has 0 bridgehead atoms. The molecule has 0 spiro atoms. The topological polar surface area (TPSA) is 81.1 Å². The second-order valence-electron chi connectivity index (χ2n) is 6.86. The molecular weight excluding hydrogens is 272 g/mol. The molecule has 6 nitrogen and oxygen atoms in total. The number of nitrogens with zero attached hydrogens (tertiary/aromatic N) is 2. The lowest BCUT2D eigenvalue weighted by Gasteiger charge is -2.38. The minimum absolute atomic E-state index is 0.0212. The van der Waals surface area contributed by atoms with E-state index >= 15 is 0 Å². The molecule has 2 amide bonds. The summed E-state index contributed by atoms with van der Waals surface area (Å²) >= 11 is 0. The SMILES string of the molecule is CC1CC(C(=O)O)CCN1C(=O)N1CC2CCC(O)C2C1. The van der Waals surface area contributed by atoms with Gasteiger partial charge in [0.1, 0.15) is 0 Å². The van der Waals surface area contributed by atoms with Gasteiger partial charge < -0.3 is 20.0 Å². The van der Waals surface area contributed by atoms with Crippen molar-refractivity contribution >= 4 is 12.0 Å². The molecule has 3 aliphatic rings. The van der Waals surface area contributed by atoms with Crippen molar-refractivity contribution in [2.24, 2.45) is 17.8 Å². The Morgan fingerprint density at radius 2 is 1.90 bits per heavy atom. The number of rotatable bonds is 1. The van der Waals surface area contributed by atoms with Crippen molar-refractivity contribution in [1.29, 1.82) is 0 Å². The van der Waals surface area contributed by atoms with Crippen LogP contribution in [0.15, 0.2) is 0 Å². The van der Waals surface area contributed by atoms with E-state index in [0.29, 0.717) is 31.8 Å². The van der Waals surface area contributed by atoms with Crippen molar-refractivity contribution in [1.82, 2.24) is 9.80 Å². The number of aliphatic hydroxyl groups is 1. The molecule has 3 fully saturated rings. The summed E-state index contributed by atoms with van der Waals surface area (Å²) in [5, 5.41) is 19.0. The summed E-state index contributed by atoms with van der Waals surface area (Å²) in [4.78, 5) is 27.4. The van der Waals surface area contributed by atoms with Crippen molar-refractivity contribution in [2.75, 3.05) is 19.6 Å². The molecule has 0 aromatic carbocycles. The van der Waals surface area contributed by atoms with Gasteiger partial charge in [-0.15, -0.1) is 0 Å². The van der Waals surface area contributed by atoms with Gasteiger partial charge in [0.25, 0.3) is 0 Å². The lowest BCUT2D eigenvalue weighted by molar-refractivity contribution is -0.143. The standard InChI is InChI=1S/C15H24N2O4/c1-9-6-10(14(19)20)4-5-17(9)15(21)16-7-11-2-3-13(18)12(11)8-16/h9-13,18H,2-8H2,1H3,(H,19,20). The summed E-state index contributed by atoms with van der Waals surface area (Å²) in [6, 6.07) is -0.00865. The van der Waals surface area contributed by atoms with Crippen LogP contribution in [0.3, 0.4) is 0 Å². The molecule has 0 radical (unpaired) electrons. The van der Waals surface area contributed by atoms with Gasteiger partial charge >= 0.3 is 12.0 Å². The van der Waals surface area contributed by atoms with Crippen molar-refractivity contribution in [3.63, 3.8) is 0 Å². The van der Waals surface area contributed by atoms with Gasteiger partial charge in [0, 0.05) is 31.6 Å². The van der Waals surface area contributed by atoms with E-state index < -0.39 is 5.97 Å². The van der Waals surface area contributed by atoms with Gasteiger partial charge in [-0.25, -0.2) is 4.79 Å². The lowest BCUT2D eigenvalue weighted by atomic mass is 9.92. The molecule has 2 saturated heterocycles. The largest absolute Gasteiger partial charge is 0.481 e. The molecule has 2 N–H and O–H groups in total. The number of amides is 2. The monoisotopic (exact) mass is 296 g/mol. The molecule has 5 unspecified atom stereocenters. The summed E-state index contributed by atoms with van der Waals surface area (Å²) in [6.45, 7) is 3.84. The van der Waals surface area contributed by atoms with Gasteiger partial charge in [-0.1, -0.05) is 0 Å². The molecule has 1 saturated carbocycles. The van der Waals surface area contributed by atoms with E-state index in [4.69, 9.17) is 5.11 Å². The van der Waals surface area contributed by atoms with Crippen molar-refractivity contribution in [3.05, 3.63) is 0 Å². The number of hydrogen-bond acceptors (Lipinski definition) is 3. The molecule has 6 heteroatoms. The Morgan fingerprint density at radius 1 is 1.14 bits per heavy atom. The third-order valence-electron chi connectivity index (χ3n) is 5.56. The highest BCUT2D eigenvalue weighted by Gasteiger charge is 2.45. The normalized spacial score (nSPS) is 39.4. The van der Waals surface area contributed by atoms with E-state index in [1.807, 2.05) is 16.7 Å². The summed E-state index contributed by atoms with van der Waals surface area (Å²) in [5.41, 5.74) is 0. The third kappa shape index (κ3) is 2.61. The van der Waals surface area contributed by atoms with Crippen LogP contribution in [0.4, 0.5) is 4.79 Å². The number of hydrogen-bond donors (Lipinski definition) is 2. The molecule has 21 heavy (non-hydrogen) atoms. The smallest absolute Gasteiger partial charge is 0.320 e. The number of carbonyl (C=O) groups excluding carboxylic acids is 1. The average molecular weight is 296 g/mol. The number of carboxylic acids is 1. The predicted octanol–water partition coefficient (Wildman–Crippen LogP) is 0.994. The van der Waals surface area contributed by atoms with Crippen molar-refractivity contribution in [3.8, 4) is 0 Å². The van der Waals surface area contributed by atoms with Gasteiger partial charge in [0.2, 0.25) is 0 Å². The third-order valence-corrected chi connectivity index (χ3v) is 5.56. The fraction of sp³-hybridized carbons (Fsp3) is 0.867. The Hall–Kier alpha value is -1.30. The number of urea groups is 1. The zero-order valence-electron chi connectivity index (χ0n) is 12.4. The summed E-state index contributed by atoms with van der Waals surface area (Å²) in [5.74, 6) is -0.409. The van der Waals surface area contributed by atoms with E-state index in [1.165, 1.54) is 0 Å². The van der Waals surface area contributed by atoms with E-state index in [-0.39, 0.29) is 30.0 Å². The van der Waals surface area contributed by atoms with Crippen molar-refractivity contribution < 1.29 is 19.8 Å². The molecule has 3 rings (SSSR count). The minimum Gasteiger partial charge on any atom is -0.481 e. The lowest BCUT2D eigenvalue weighted by Crippen LogP contribution is -2.51. The van der Waals surface area contributed by atoms with Crippen LogP contribution in [-0.2, 0) is 4.79 Å². The number of likely N-dealkylation sites (tertiary alicyclic amines) is 2. The molecule has 2 heterocycles. The molecule has 0 aromatic heterocycles.